The monoisotopic (exact) mass is 222 g/mol. The van der Waals surface area contributed by atoms with E-state index < -0.39 is 11.4 Å². The molecule has 0 unspecified atom stereocenters. The highest BCUT2D eigenvalue weighted by Gasteiger charge is 2.50. The second-order valence-electron chi connectivity index (χ2n) is 4.14. The third-order valence-electron chi connectivity index (χ3n) is 3.13. The molecule has 0 radical (unpaired) electrons. The molecule has 86 valence electrons. The Labute approximate surface area is 93.2 Å². The topological polar surface area (TPSA) is 85.4 Å². The number of ether oxygens (including phenoxy) is 1. The van der Waals surface area contributed by atoms with Crippen LogP contribution >= 0.6 is 0 Å². The van der Waals surface area contributed by atoms with E-state index >= 15 is 0 Å². The fraction of sp³-hybridized carbons (Fsp3) is 0.455. The lowest BCUT2D eigenvalue weighted by Gasteiger charge is -2.42. The van der Waals surface area contributed by atoms with Crippen LogP contribution in [0.15, 0.2) is 18.3 Å². The highest BCUT2D eigenvalue weighted by atomic mass is 16.5. The third kappa shape index (κ3) is 1.53. The Kier molecular flexibility index (Phi) is 2.55. The Hall–Kier alpha value is -1.62. The van der Waals surface area contributed by atoms with Crippen molar-refractivity contribution in [3.63, 3.8) is 0 Å². The molecule has 0 atom stereocenters. The summed E-state index contributed by atoms with van der Waals surface area (Å²) in [6.45, 7) is 0. The Balaban J connectivity index is 2.30. The molecule has 0 bridgehead atoms. The van der Waals surface area contributed by atoms with Gasteiger partial charge in [-0.05, 0) is 18.4 Å². The lowest BCUT2D eigenvalue weighted by Crippen LogP contribution is -2.54. The Bertz CT molecular complexity index is 396. The zero-order valence-electron chi connectivity index (χ0n) is 9.01. The van der Waals surface area contributed by atoms with Gasteiger partial charge in [-0.3, -0.25) is 4.79 Å². The average Bonchev–Trinajstić information content (AvgIpc) is 2.24. The second kappa shape index (κ2) is 3.75. The molecule has 1 aliphatic rings. The maximum absolute atomic E-state index is 11.3. The van der Waals surface area contributed by atoms with Crippen molar-refractivity contribution in [3.8, 4) is 5.88 Å². The van der Waals surface area contributed by atoms with Crippen molar-refractivity contribution in [2.45, 2.75) is 24.3 Å². The first-order valence-electron chi connectivity index (χ1n) is 5.08. The highest BCUT2D eigenvalue weighted by Crippen LogP contribution is 2.43. The molecule has 16 heavy (non-hydrogen) atoms. The van der Waals surface area contributed by atoms with Gasteiger partial charge in [-0.15, -0.1) is 0 Å². The normalized spacial score (nSPS) is 28.2. The van der Waals surface area contributed by atoms with E-state index in [0.29, 0.717) is 24.3 Å². The van der Waals surface area contributed by atoms with Crippen molar-refractivity contribution in [2.24, 2.45) is 5.73 Å². The van der Waals surface area contributed by atoms with Crippen LogP contribution in [0.2, 0.25) is 0 Å². The number of hydrogen-bond donors (Lipinski definition) is 2. The molecule has 1 fully saturated rings. The van der Waals surface area contributed by atoms with Crippen molar-refractivity contribution in [1.82, 2.24) is 4.98 Å². The van der Waals surface area contributed by atoms with Crippen LogP contribution in [0.3, 0.4) is 0 Å². The first kappa shape index (κ1) is 10.9. The number of pyridine rings is 1. The predicted molar refractivity (Wildman–Crippen MR) is 57.3 cm³/mol. The van der Waals surface area contributed by atoms with Gasteiger partial charge >= 0.3 is 5.97 Å². The Morgan fingerprint density at radius 2 is 2.31 bits per heavy atom. The van der Waals surface area contributed by atoms with Gasteiger partial charge in [0, 0.05) is 18.3 Å². The van der Waals surface area contributed by atoms with Gasteiger partial charge in [-0.1, -0.05) is 6.07 Å². The van der Waals surface area contributed by atoms with Gasteiger partial charge in [-0.2, -0.15) is 0 Å². The smallest absolute Gasteiger partial charge is 0.314 e. The van der Waals surface area contributed by atoms with E-state index in [9.17, 15) is 9.90 Å². The van der Waals surface area contributed by atoms with Crippen LogP contribution in [0.25, 0.3) is 0 Å². The fourth-order valence-corrected chi connectivity index (χ4v) is 2.15. The van der Waals surface area contributed by atoms with E-state index in [4.69, 9.17) is 10.5 Å². The van der Waals surface area contributed by atoms with Gasteiger partial charge in [0.15, 0.2) is 0 Å². The van der Waals surface area contributed by atoms with Crippen molar-refractivity contribution < 1.29 is 14.6 Å². The number of rotatable bonds is 3. The molecule has 0 aromatic carbocycles. The second-order valence-corrected chi connectivity index (χ2v) is 4.14. The SMILES string of the molecule is COc1ccc(C2(C(=O)O)CC(N)C2)cn1. The van der Waals surface area contributed by atoms with E-state index in [0.717, 1.165) is 0 Å². The van der Waals surface area contributed by atoms with Crippen LogP contribution in [0, 0.1) is 0 Å². The standard InChI is InChI=1S/C11H14N2O3/c1-16-9-3-2-7(6-13-9)11(10(14)15)4-8(12)5-11/h2-3,6,8H,4-5,12H2,1H3,(H,14,15). The predicted octanol–water partition coefficient (Wildman–Crippen LogP) is 0.534. The molecule has 3 N–H and O–H groups in total. The lowest BCUT2D eigenvalue weighted by molar-refractivity contribution is -0.148. The molecule has 0 aliphatic heterocycles. The van der Waals surface area contributed by atoms with Gasteiger partial charge in [0.25, 0.3) is 0 Å². The number of carboxylic acid groups (broad SMARTS) is 1. The summed E-state index contributed by atoms with van der Waals surface area (Å²) in [7, 11) is 1.52. The van der Waals surface area contributed by atoms with Gasteiger partial charge < -0.3 is 15.6 Å². The maximum Gasteiger partial charge on any atom is 0.314 e. The third-order valence-corrected chi connectivity index (χ3v) is 3.13. The van der Waals surface area contributed by atoms with Crippen molar-refractivity contribution in [2.75, 3.05) is 7.11 Å². The number of hydrogen-bond acceptors (Lipinski definition) is 4. The van der Waals surface area contributed by atoms with Crippen molar-refractivity contribution in [3.05, 3.63) is 23.9 Å². The number of aliphatic carboxylic acids is 1. The Morgan fingerprint density at radius 1 is 1.62 bits per heavy atom. The summed E-state index contributed by atoms with van der Waals surface area (Å²) in [5.41, 5.74) is 5.53. The molecule has 0 amide bonds. The number of nitrogens with two attached hydrogens (primary N) is 1. The molecule has 0 saturated heterocycles. The number of aromatic nitrogens is 1. The minimum atomic E-state index is -0.849. The molecule has 1 aromatic rings. The van der Waals surface area contributed by atoms with Crippen molar-refractivity contribution >= 4 is 5.97 Å². The van der Waals surface area contributed by atoms with Crippen LogP contribution in [0.1, 0.15) is 18.4 Å². The molecule has 1 saturated carbocycles. The number of carbonyl (C=O) groups is 1. The quantitative estimate of drug-likeness (QED) is 0.779. The summed E-state index contributed by atoms with van der Waals surface area (Å²) < 4.78 is 4.93. The van der Waals surface area contributed by atoms with Crippen molar-refractivity contribution in [1.29, 1.82) is 0 Å². The Morgan fingerprint density at radius 3 is 2.69 bits per heavy atom. The number of nitrogens with zero attached hydrogens (tertiary/aromatic N) is 1. The summed E-state index contributed by atoms with van der Waals surface area (Å²) in [4.78, 5) is 15.3. The van der Waals surface area contributed by atoms with E-state index in [-0.39, 0.29) is 6.04 Å². The average molecular weight is 222 g/mol. The highest BCUT2D eigenvalue weighted by molar-refractivity contribution is 5.83. The molecule has 5 heteroatoms. The maximum atomic E-state index is 11.3. The van der Waals surface area contributed by atoms with Gasteiger partial charge in [0.1, 0.15) is 0 Å². The van der Waals surface area contributed by atoms with Crippen LogP contribution in [-0.2, 0) is 10.2 Å². The lowest BCUT2D eigenvalue weighted by atomic mass is 9.62. The summed E-state index contributed by atoms with van der Waals surface area (Å²) in [5, 5.41) is 9.27. The summed E-state index contributed by atoms with van der Waals surface area (Å²) in [5.74, 6) is -0.353. The molecule has 1 aromatic heterocycles. The van der Waals surface area contributed by atoms with E-state index in [1.165, 1.54) is 7.11 Å². The first-order valence-corrected chi connectivity index (χ1v) is 5.08. The minimum absolute atomic E-state index is 0.0294. The molecule has 0 spiro atoms. The summed E-state index contributed by atoms with van der Waals surface area (Å²) in [6.07, 6.45) is 2.49. The zero-order valence-corrected chi connectivity index (χ0v) is 9.01. The molecule has 1 aliphatic carbocycles. The minimum Gasteiger partial charge on any atom is -0.481 e. The molecular weight excluding hydrogens is 208 g/mol. The van der Waals surface area contributed by atoms with Gasteiger partial charge in [0.2, 0.25) is 5.88 Å². The first-order chi connectivity index (χ1) is 7.58. The molecule has 2 rings (SSSR count). The summed E-state index contributed by atoms with van der Waals surface area (Å²) >= 11 is 0. The molecule has 1 heterocycles. The van der Waals surface area contributed by atoms with E-state index in [1.54, 1.807) is 18.3 Å². The van der Waals surface area contributed by atoms with Gasteiger partial charge in [0.05, 0.1) is 12.5 Å². The number of carboxylic acids is 1. The van der Waals surface area contributed by atoms with E-state index in [2.05, 4.69) is 4.98 Å². The largest absolute Gasteiger partial charge is 0.481 e. The zero-order chi connectivity index (χ0) is 11.8. The van der Waals surface area contributed by atoms with Crippen LogP contribution in [-0.4, -0.2) is 29.2 Å². The van der Waals surface area contributed by atoms with Crippen LogP contribution < -0.4 is 10.5 Å². The van der Waals surface area contributed by atoms with Crippen LogP contribution in [0.5, 0.6) is 5.88 Å². The van der Waals surface area contributed by atoms with Crippen LogP contribution in [0.4, 0.5) is 0 Å². The number of methoxy groups -OCH3 is 1. The summed E-state index contributed by atoms with van der Waals surface area (Å²) in [6, 6.07) is 3.38. The molecule has 5 nitrogen and oxygen atoms in total. The van der Waals surface area contributed by atoms with Gasteiger partial charge in [-0.25, -0.2) is 4.98 Å². The molecular formula is C11H14N2O3. The fourth-order valence-electron chi connectivity index (χ4n) is 2.15. The van der Waals surface area contributed by atoms with E-state index in [1.807, 2.05) is 0 Å².